The van der Waals surface area contributed by atoms with E-state index in [2.05, 4.69) is 5.32 Å². The van der Waals surface area contributed by atoms with Crippen molar-refractivity contribution >= 4 is 5.97 Å². The largest absolute Gasteiger partial charge is 0.481 e. The van der Waals surface area contributed by atoms with Gasteiger partial charge in [-0.05, 0) is 39.8 Å². The van der Waals surface area contributed by atoms with E-state index in [0.717, 1.165) is 13.1 Å². The zero-order valence-corrected chi connectivity index (χ0v) is 8.88. The second kappa shape index (κ2) is 4.75. The molecule has 0 saturated carbocycles. The second-order valence-electron chi connectivity index (χ2n) is 4.20. The van der Waals surface area contributed by atoms with E-state index in [9.17, 15) is 9.90 Å². The van der Waals surface area contributed by atoms with E-state index in [1.54, 1.807) is 0 Å². The average Bonchev–Trinajstić information content (AvgIpc) is 2.16. The highest BCUT2D eigenvalue weighted by Gasteiger charge is 2.40. The van der Waals surface area contributed by atoms with Crippen LogP contribution in [0.2, 0.25) is 0 Å². The molecule has 1 heterocycles. The predicted molar refractivity (Wildman–Crippen MR) is 53.3 cm³/mol. The van der Waals surface area contributed by atoms with Gasteiger partial charge in [-0.15, -0.1) is 0 Å². The Kier molecular flexibility index (Phi) is 3.89. The molecule has 1 aliphatic rings. The van der Waals surface area contributed by atoms with E-state index in [1.165, 1.54) is 0 Å². The van der Waals surface area contributed by atoms with Gasteiger partial charge in [0.1, 0.15) is 0 Å². The van der Waals surface area contributed by atoms with Crippen molar-refractivity contribution in [2.45, 2.75) is 32.8 Å². The zero-order chi connectivity index (χ0) is 10.6. The first kappa shape index (κ1) is 11.5. The van der Waals surface area contributed by atoms with E-state index >= 15 is 0 Å². The van der Waals surface area contributed by atoms with Crippen molar-refractivity contribution in [3.05, 3.63) is 0 Å². The third-order valence-corrected chi connectivity index (χ3v) is 2.71. The Morgan fingerprint density at radius 3 is 2.50 bits per heavy atom. The number of rotatable bonds is 4. The molecule has 0 radical (unpaired) electrons. The summed E-state index contributed by atoms with van der Waals surface area (Å²) in [4.78, 5) is 11.2. The van der Waals surface area contributed by atoms with E-state index in [1.807, 2.05) is 13.8 Å². The Morgan fingerprint density at radius 1 is 1.50 bits per heavy atom. The first-order valence-corrected chi connectivity index (χ1v) is 5.12. The number of nitrogens with one attached hydrogen (secondary N) is 1. The molecule has 4 heteroatoms. The molecule has 0 aromatic carbocycles. The third-order valence-electron chi connectivity index (χ3n) is 2.71. The first-order chi connectivity index (χ1) is 6.57. The minimum absolute atomic E-state index is 0.0983. The summed E-state index contributed by atoms with van der Waals surface area (Å²) < 4.78 is 5.44. The first-order valence-electron chi connectivity index (χ1n) is 5.12. The molecule has 0 amide bonds. The van der Waals surface area contributed by atoms with Gasteiger partial charge in [-0.25, -0.2) is 0 Å². The Hall–Kier alpha value is -0.610. The predicted octanol–water partition coefficient (Wildman–Crippen LogP) is 0.866. The molecule has 82 valence electrons. The summed E-state index contributed by atoms with van der Waals surface area (Å²) >= 11 is 0. The van der Waals surface area contributed by atoms with Gasteiger partial charge in [0.15, 0.2) is 0 Å². The molecule has 4 nitrogen and oxygen atoms in total. The van der Waals surface area contributed by atoms with Crippen LogP contribution in [0.15, 0.2) is 0 Å². The summed E-state index contributed by atoms with van der Waals surface area (Å²) in [6.07, 6.45) is 1.42. The van der Waals surface area contributed by atoms with Crippen LogP contribution in [0.1, 0.15) is 26.7 Å². The molecule has 0 aromatic heterocycles. The lowest BCUT2D eigenvalue weighted by atomic mass is 9.80. The lowest BCUT2D eigenvalue weighted by Crippen LogP contribution is -2.45. The van der Waals surface area contributed by atoms with Crippen molar-refractivity contribution in [2.24, 2.45) is 5.41 Å². The average molecular weight is 201 g/mol. The standard InChI is InChI=1S/C10H19NO3/c1-8(2)14-7-10(9(12)13)3-5-11-6-4-10/h8,11H,3-7H2,1-2H3,(H,12,13). The summed E-state index contributed by atoms with van der Waals surface area (Å²) in [6, 6.07) is 0. The quantitative estimate of drug-likeness (QED) is 0.708. The number of aliphatic carboxylic acids is 1. The maximum atomic E-state index is 11.2. The van der Waals surface area contributed by atoms with Gasteiger partial charge in [0.25, 0.3) is 0 Å². The number of carboxylic acid groups (broad SMARTS) is 1. The van der Waals surface area contributed by atoms with Crippen LogP contribution in [0.25, 0.3) is 0 Å². The van der Waals surface area contributed by atoms with Crippen molar-refractivity contribution in [2.75, 3.05) is 19.7 Å². The van der Waals surface area contributed by atoms with Crippen molar-refractivity contribution < 1.29 is 14.6 Å². The van der Waals surface area contributed by atoms with Crippen LogP contribution in [0.5, 0.6) is 0 Å². The highest BCUT2D eigenvalue weighted by atomic mass is 16.5. The van der Waals surface area contributed by atoms with Gasteiger partial charge in [0, 0.05) is 0 Å². The summed E-state index contributed by atoms with van der Waals surface area (Å²) in [5.74, 6) is -0.723. The molecule has 0 aliphatic carbocycles. The number of hydrogen-bond donors (Lipinski definition) is 2. The molecular weight excluding hydrogens is 182 g/mol. The summed E-state index contributed by atoms with van der Waals surface area (Å²) in [5, 5.41) is 12.4. The smallest absolute Gasteiger partial charge is 0.312 e. The third kappa shape index (κ3) is 2.69. The fourth-order valence-electron chi connectivity index (χ4n) is 1.65. The van der Waals surface area contributed by atoms with E-state index in [4.69, 9.17) is 4.74 Å². The molecule has 0 bridgehead atoms. The van der Waals surface area contributed by atoms with Crippen LogP contribution in [0, 0.1) is 5.41 Å². The van der Waals surface area contributed by atoms with Gasteiger partial charge in [0.2, 0.25) is 0 Å². The molecule has 2 N–H and O–H groups in total. The van der Waals surface area contributed by atoms with Crippen LogP contribution in [-0.2, 0) is 9.53 Å². The molecule has 1 aliphatic heterocycles. The van der Waals surface area contributed by atoms with Crippen molar-refractivity contribution in [3.8, 4) is 0 Å². The van der Waals surface area contributed by atoms with Gasteiger partial charge >= 0.3 is 5.97 Å². The normalized spacial score (nSPS) is 21.1. The van der Waals surface area contributed by atoms with Gasteiger partial charge in [-0.2, -0.15) is 0 Å². The molecule has 0 spiro atoms. The summed E-state index contributed by atoms with van der Waals surface area (Å²) in [5.41, 5.74) is -0.657. The molecule has 14 heavy (non-hydrogen) atoms. The van der Waals surface area contributed by atoms with Gasteiger partial charge in [-0.3, -0.25) is 4.79 Å². The lowest BCUT2D eigenvalue weighted by Gasteiger charge is -2.33. The molecule has 0 unspecified atom stereocenters. The van der Waals surface area contributed by atoms with Crippen molar-refractivity contribution in [1.29, 1.82) is 0 Å². The van der Waals surface area contributed by atoms with Crippen LogP contribution >= 0.6 is 0 Å². The maximum absolute atomic E-state index is 11.2. The van der Waals surface area contributed by atoms with Gasteiger partial charge in [-0.1, -0.05) is 0 Å². The van der Waals surface area contributed by atoms with E-state index in [-0.39, 0.29) is 6.10 Å². The van der Waals surface area contributed by atoms with Gasteiger partial charge in [0.05, 0.1) is 18.1 Å². The summed E-state index contributed by atoms with van der Waals surface area (Å²) in [6.45, 7) is 5.73. The van der Waals surface area contributed by atoms with Crippen molar-refractivity contribution in [1.82, 2.24) is 5.32 Å². The van der Waals surface area contributed by atoms with Gasteiger partial charge < -0.3 is 15.2 Å². The fraction of sp³-hybridized carbons (Fsp3) is 0.900. The maximum Gasteiger partial charge on any atom is 0.312 e. The monoisotopic (exact) mass is 201 g/mol. The highest BCUT2D eigenvalue weighted by molar-refractivity contribution is 5.75. The Morgan fingerprint density at radius 2 is 2.07 bits per heavy atom. The van der Waals surface area contributed by atoms with E-state index < -0.39 is 11.4 Å². The van der Waals surface area contributed by atoms with Crippen LogP contribution < -0.4 is 5.32 Å². The Labute approximate surface area is 84.6 Å². The van der Waals surface area contributed by atoms with Crippen LogP contribution in [0.3, 0.4) is 0 Å². The minimum Gasteiger partial charge on any atom is -0.481 e. The highest BCUT2D eigenvalue weighted by Crippen LogP contribution is 2.29. The van der Waals surface area contributed by atoms with E-state index in [0.29, 0.717) is 19.4 Å². The molecule has 0 atom stereocenters. The number of piperidine rings is 1. The topological polar surface area (TPSA) is 58.6 Å². The van der Waals surface area contributed by atoms with Crippen molar-refractivity contribution in [3.63, 3.8) is 0 Å². The number of ether oxygens (including phenoxy) is 1. The molecule has 0 aromatic rings. The number of hydrogen-bond acceptors (Lipinski definition) is 3. The summed E-state index contributed by atoms with van der Waals surface area (Å²) in [7, 11) is 0. The molecule has 1 fully saturated rings. The second-order valence-corrected chi connectivity index (χ2v) is 4.20. The molecular formula is C10H19NO3. The molecule has 1 saturated heterocycles. The SMILES string of the molecule is CC(C)OCC1(C(=O)O)CCNCC1. The van der Waals surface area contributed by atoms with Crippen LogP contribution in [-0.4, -0.2) is 36.9 Å². The lowest BCUT2D eigenvalue weighted by molar-refractivity contribution is -0.156. The Balaban J connectivity index is 2.56. The minimum atomic E-state index is -0.723. The number of carboxylic acids is 1. The Bertz CT molecular complexity index is 198. The zero-order valence-electron chi connectivity index (χ0n) is 8.88. The van der Waals surface area contributed by atoms with Crippen LogP contribution in [0.4, 0.5) is 0 Å². The molecule has 1 rings (SSSR count). The number of carbonyl (C=O) groups is 1. The fourth-order valence-corrected chi connectivity index (χ4v) is 1.65.